The zero-order valence-corrected chi connectivity index (χ0v) is 8.95. The van der Waals surface area contributed by atoms with Crippen LogP contribution in [0.3, 0.4) is 0 Å². The number of benzene rings is 1. The maximum Gasteiger partial charge on any atom is 0.153 e. The molecule has 0 saturated heterocycles. The summed E-state index contributed by atoms with van der Waals surface area (Å²) in [5.74, 6) is 1.46. The molecular weight excluding hydrogens is 192 g/mol. The molecule has 1 aromatic carbocycles. The summed E-state index contributed by atoms with van der Waals surface area (Å²) in [4.78, 5) is 10.9. The van der Waals surface area contributed by atoms with Crippen molar-refractivity contribution in [1.82, 2.24) is 0 Å². The first kappa shape index (κ1) is 10.0. The van der Waals surface area contributed by atoms with Gasteiger partial charge in [-0.15, -0.1) is 0 Å². The summed E-state index contributed by atoms with van der Waals surface area (Å²) in [7, 11) is 0. The lowest BCUT2D eigenvalue weighted by Gasteiger charge is -2.08. The summed E-state index contributed by atoms with van der Waals surface area (Å²) in [6, 6.07) is 3.67. The average molecular weight is 206 g/mol. The van der Waals surface area contributed by atoms with Crippen molar-refractivity contribution < 1.29 is 14.3 Å². The van der Waals surface area contributed by atoms with Crippen LogP contribution >= 0.6 is 0 Å². The van der Waals surface area contributed by atoms with E-state index in [2.05, 4.69) is 0 Å². The Labute approximate surface area is 89.0 Å². The second kappa shape index (κ2) is 3.93. The molecule has 0 saturated carbocycles. The van der Waals surface area contributed by atoms with Gasteiger partial charge in [-0.05, 0) is 25.5 Å². The van der Waals surface area contributed by atoms with Gasteiger partial charge in [-0.3, -0.25) is 4.79 Å². The van der Waals surface area contributed by atoms with E-state index in [1.165, 1.54) is 0 Å². The van der Waals surface area contributed by atoms with Crippen LogP contribution in [-0.4, -0.2) is 19.0 Å². The fraction of sp³-hybridized carbons (Fsp3) is 0.417. The Balaban J connectivity index is 2.41. The fourth-order valence-corrected chi connectivity index (χ4v) is 1.83. The second-order valence-electron chi connectivity index (χ2n) is 3.68. The molecule has 0 fully saturated rings. The van der Waals surface area contributed by atoms with E-state index in [0.717, 1.165) is 24.0 Å². The Bertz CT molecular complexity index is 385. The van der Waals surface area contributed by atoms with Crippen LogP contribution in [0, 0.1) is 0 Å². The van der Waals surface area contributed by atoms with Crippen molar-refractivity contribution in [3.8, 4) is 11.5 Å². The van der Waals surface area contributed by atoms with Crippen LogP contribution in [0.1, 0.15) is 29.8 Å². The molecule has 1 aliphatic heterocycles. The highest BCUT2D eigenvalue weighted by Crippen LogP contribution is 2.34. The molecule has 80 valence electrons. The quantitative estimate of drug-likeness (QED) is 0.711. The molecule has 1 atom stereocenters. The second-order valence-corrected chi connectivity index (χ2v) is 3.68. The van der Waals surface area contributed by atoms with Gasteiger partial charge in [0, 0.05) is 12.5 Å². The molecule has 0 aromatic heterocycles. The van der Waals surface area contributed by atoms with Crippen molar-refractivity contribution in [2.45, 2.75) is 26.4 Å². The van der Waals surface area contributed by atoms with Gasteiger partial charge >= 0.3 is 0 Å². The molecule has 0 amide bonds. The molecule has 0 radical (unpaired) electrons. The minimum Gasteiger partial charge on any atom is -0.493 e. The molecule has 3 nitrogen and oxygen atoms in total. The first-order valence-electron chi connectivity index (χ1n) is 5.16. The maximum atomic E-state index is 10.9. The number of hydrogen-bond donors (Lipinski definition) is 0. The summed E-state index contributed by atoms with van der Waals surface area (Å²) in [6.45, 7) is 4.46. The summed E-state index contributed by atoms with van der Waals surface area (Å²) < 4.78 is 11.0. The molecule has 15 heavy (non-hydrogen) atoms. The standard InChI is InChI=1S/C12H14O3/c1-3-14-11-6-12-9(4-8(2)15-12)5-10(11)7-13/h5-8H,3-4H2,1-2H3/t8-/m0/s1. The molecule has 0 aliphatic carbocycles. The summed E-state index contributed by atoms with van der Waals surface area (Å²) in [5.41, 5.74) is 1.70. The van der Waals surface area contributed by atoms with Gasteiger partial charge in [0.05, 0.1) is 12.2 Å². The number of hydrogen-bond acceptors (Lipinski definition) is 3. The van der Waals surface area contributed by atoms with Crippen LogP contribution in [0.5, 0.6) is 11.5 Å². The molecule has 3 heteroatoms. The van der Waals surface area contributed by atoms with Crippen LogP contribution in [0.2, 0.25) is 0 Å². The predicted molar refractivity (Wildman–Crippen MR) is 56.8 cm³/mol. The van der Waals surface area contributed by atoms with Gasteiger partial charge < -0.3 is 9.47 Å². The fourth-order valence-electron chi connectivity index (χ4n) is 1.83. The Hall–Kier alpha value is -1.51. The topological polar surface area (TPSA) is 35.5 Å². The Morgan fingerprint density at radius 2 is 2.40 bits per heavy atom. The molecule has 0 bridgehead atoms. The minimum atomic E-state index is 0.191. The first-order valence-corrected chi connectivity index (χ1v) is 5.16. The van der Waals surface area contributed by atoms with Gasteiger partial charge in [-0.2, -0.15) is 0 Å². The van der Waals surface area contributed by atoms with E-state index in [1.54, 1.807) is 0 Å². The lowest BCUT2D eigenvalue weighted by Crippen LogP contribution is -2.05. The van der Waals surface area contributed by atoms with Crippen molar-refractivity contribution in [2.24, 2.45) is 0 Å². The molecule has 1 aromatic rings. The first-order chi connectivity index (χ1) is 7.24. The van der Waals surface area contributed by atoms with Crippen molar-refractivity contribution in [3.05, 3.63) is 23.3 Å². The van der Waals surface area contributed by atoms with Gasteiger partial charge in [-0.1, -0.05) is 0 Å². The highest BCUT2D eigenvalue weighted by atomic mass is 16.5. The van der Waals surface area contributed by atoms with Crippen molar-refractivity contribution in [3.63, 3.8) is 0 Å². The van der Waals surface area contributed by atoms with E-state index in [1.807, 2.05) is 26.0 Å². The summed E-state index contributed by atoms with van der Waals surface area (Å²) in [6.07, 6.45) is 1.88. The number of carbonyl (C=O) groups excluding carboxylic acids is 1. The molecule has 0 unspecified atom stereocenters. The third kappa shape index (κ3) is 1.82. The van der Waals surface area contributed by atoms with Gasteiger partial charge in [0.15, 0.2) is 6.29 Å². The molecule has 1 aliphatic rings. The largest absolute Gasteiger partial charge is 0.493 e. The van der Waals surface area contributed by atoms with Gasteiger partial charge in [0.2, 0.25) is 0 Å². The monoisotopic (exact) mass is 206 g/mol. The Kier molecular flexibility index (Phi) is 2.62. The molecule has 1 heterocycles. The van der Waals surface area contributed by atoms with Gasteiger partial charge in [-0.25, -0.2) is 0 Å². The maximum absolute atomic E-state index is 10.9. The van der Waals surface area contributed by atoms with E-state index in [9.17, 15) is 4.79 Å². The van der Waals surface area contributed by atoms with Crippen LogP contribution in [0.4, 0.5) is 0 Å². The van der Waals surface area contributed by atoms with Gasteiger partial charge in [0.25, 0.3) is 0 Å². The van der Waals surface area contributed by atoms with Crippen LogP contribution in [-0.2, 0) is 6.42 Å². The lowest BCUT2D eigenvalue weighted by atomic mass is 10.1. The Morgan fingerprint density at radius 3 is 3.07 bits per heavy atom. The van der Waals surface area contributed by atoms with Crippen LogP contribution in [0.15, 0.2) is 12.1 Å². The van der Waals surface area contributed by atoms with E-state index in [-0.39, 0.29) is 6.10 Å². The van der Waals surface area contributed by atoms with E-state index >= 15 is 0 Å². The van der Waals surface area contributed by atoms with Crippen LogP contribution < -0.4 is 9.47 Å². The van der Waals surface area contributed by atoms with E-state index < -0.39 is 0 Å². The number of ether oxygens (including phenoxy) is 2. The normalized spacial score (nSPS) is 18.1. The highest BCUT2D eigenvalue weighted by Gasteiger charge is 2.21. The zero-order chi connectivity index (χ0) is 10.8. The van der Waals surface area contributed by atoms with E-state index in [4.69, 9.17) is 9.47 Å². The van der Waals surface area contributed by atoms with Crippen molar-refractivity contribution in [2.75, 3.05) is 6.61 Å². The molecule has 0 N–H and O–H groups in total. The average Bonchev–Trinajstić information content (AvgIpc) is 2.56. The Morgan fingerprint density at radius 1 is 1.60 bits per heavy atom. The van der Waals surface area contributed by atoms with E-state index in [0.29, 0.717) is 17.9 Å². The smallest absolute Gasteiger partial charge is 0.153 e. The number of carbonyl (C=O) groups is 1. The van der Waals surface area contributed by atoms with Crippen molar-refractivity contribution >= 4 is 6.29 Å². The minimum absolute atomic E-state index is 0.191. The zero-order valence-electron chi connectivity index (χ0n) is 8.95. The van der Waals surface area contributed by atoms with Crippen molar-refractivity contribution in [1.29, 1.82) is 0 Å². The summed E-state index contributed by atoms with van der Waals surface area (Å²) in [5, 5.41) is 0. The predicted octanol–water partition coefficient (Wildman–Crippen LogP) is 2.22. The van der Waals surface area contributed by atoms with Crippen LogP contribution in [0.25, 0.3) is 0 Å². The summed E-state index contributed by atoms with van der Waals surface area (Å²) >= 11 is 0. The lowest BCUT2D eigenvalue weighted by molar-refractivity contribution is 0.112. The SMILES string of the molecule is CCOc1cc2c(cc1C=O)C[C@H](C)O2. The number of fused-ring (bicyclic) bond motifs is 1. The molecule has 2 rings (SSSR count). The third-order valence-electron chi connectivity index (χ3n) is 2.46. The molecule has 0 spiro atoms. The number of rotatable bonds is 3. The third-order valence-corrected chi connectivity index (χ3v) is 2.46. The highest BCUT2D eigenvalue weighted by molar-refractivity contribution is 5.80. The number of aldehydes is 1. The molecular formula is C12H14O3. The van der Waals surface area contributed by atoms with Gasteiger partial charge in [0.1, 0.15) is 17.6 Å².